The molecule has 0 unspecified atom stereocenters. The second kappa shape index (κ2) is 6.85. The molecule has 0 saturated heterocycles. The van der Waals surface area contributed by atoms with Crippen LogP contribution in [0.4, 0.5) is 8.78 Å². The molecule has 19 heavy (non-hydrogen) atoms. The first kappa shape index (κ1) is 15.9. The van der Waals surface area contributed by atoms with E-state index in [1.54, 1.807) is 13.8 Å². The van der Waals surface area contributed by atoms with Gasteiger partial charge in [0.05, 0.1) is 18.0 Å². The zero-order valence-corrected chi connectivity index (χ0v) is 11.5. The van der Waals surface area contributed by atoms with Gasteiger partial charge >= 0.3 is 0 Å². The third-order valence-electron chi connectivity index (χ3n) is 2.44. The number of aliphatic hydroxyl groups is 1. The van der Waals surface area contributed by atoms with E-state index in [1.165, 1.54) is 11.8 Å². The lowest BCUT2D eigenvalue weighted by molar-refractivity contribution is -0.121. The normalized spacial score (nSPS) is 11.6. The number of thioether (sulfide) groups is 1. The van der Waals surface area contributed by atoms with Crippen LogP contribution in [0, 0.1) is 13.8 Å². The summed E-state index contributed by atoms with van der Waals surface area (Å²) in [5, 5.41) is 14.2. The SMILES string of the molecule is Cc1noc(C)c1CSCC(=O)NCC(F)(F)CO. The van der Waals surface area contributed by atoms with Crippen LogP contribution in [-0.2, 0) is 10.5 Å². The van der Waals surface area contributed by atoms with Crippen molar-refractivity contribution in [2.75, 3.05) is 18.9 Å². The Labute approximate surface area is 113 Å². The summed E-state index contributed by atoms with van der Waals surface area (Å²) in [5.41, 5.74) is 1.68. The number of rotatable bonds is 7. The van der Waals surface area contributed by atoms with Gasteiger partial charge in [0.2, 0.25) is 5.91 Å². The standard InChI is InChI=1S/C11H16F2N2O3S/c1-7-9(8(2)18-15-7)3-19-4-10(17)14-5-11(12,13)6-16/h16H,3-6H2,1-2H3,(H,14,17). The molecule has 0 saturated carbocycles. The van der Waals surface area contributed by atoms with E-state index in [0.29, 0.717) is 11.5 Å². The molecule has 0 spiro atoms. The summed E-state index contributed by atoms with van der Waals surface area (Å²) in [4.78, 5) is 11.3. The summed E-state index contributed by atoms with van der Waals surface area (Å²) < 4.78 is 30.3. The van der Waals surface area contributed by atoms with Gasteiger partial charge in [-0.3, -0.25) is 4.79 Å². The summed E-state index contributed by atoms with van der Waals surface area (Å²) >= 11 is 1.29. The van der Waals surface area contributed by atoms with Crippen LogP contribution in [0.1, 0.15) is 17.0 Å². The van der Waals surface area contributed by atoms with E-state index in [-0.39, 0.29) is 5.75 Å². The number of alkyl halides is 2. The third kappa shape index (κ3) is 5.15. The summed E-state index contributed by atoms with van der Waals surface area (Å²) in [6, 6.07) is 0. The summed E-state index contributed by atoms with van der Waals surface area (Å²) in [6.45, 7) is 1.44. The minimum absolute atomic E-state index is 0.0611. The van der Waals surface area contributed by atoms with E-state index in [9.17, 15) is 13.6 Å². The van der Waals surface area contributed by atoms with Gasteiger partial charge < -0.3 is 14.9 Å². The van der Waals surface area contributed by atoms with Crippen molar-refractivity contribution < 1.29 is 23.2 Å². The van der Waals surface area contributed by atoms with Crippen molar-refractivity contribution in [2.24, 2.45) is 0 Å². The first-order valence-electron chi connectivity index (χ1n) is 5.60. The summed E-state index contributed by atoms with van der Waals surface area (Å²) in [5.74, 6) is -2.49. The van der Waals surface area contributed by atoms with Crippen molar-refractivity contribution in [1.29, 1.82) is 0 Å². The highest BCUT2D eigenvalue weighted by Gasteiger charge is 2.28. The zero-order valence-electron chi connectivity index (χ0n) is 10.7. The average Bonchev–Trinajstić information content (AvgIpc) is 2.68. The van der Waals surface area contributed by atoms with Crippen LogP contribution in [0.2, 0.25) is 0 Å². The maximum absolute atomic E-state index is 12.7. The van der Waals surface area contributed by atoms with E-state index in [1.807, 2.05) is 0 Å². The molecular weight excluding hydrogens is 278 g/mol. The maximum atomic E-state index is 12.7. The molecule has 0 aromatic carbocycles. The summed E-state index contributed by atoms with van der Waals surface area (Å²) in [7, 11) is 0. The Kier molecular flexibility index (Phi) is 5.74. The Hall–Kier alpha value is -1.15. The van der Waals surface area contributed by atoms with Crippen LogP contribution in [0.25, 0.3) is 0 Å². The van der Waals surface area contributed by atoms with Crippen LogP contribution in [0.3, 0.4) is 0 Å². The molecule has 0 bridgehead atoms. The molecular formula is C11H16F2N2O3S. The molecule has 108 valence electrons. The number of halogens is 2. The lowest BCUT2D eigenvalue weighted by Gasteiger charge is -2.13. The second-order valence-electron chi connectivity index (χ2n) is 4.09. The Morgan fingerprint density at radius 3 is 2.74 bits per heavy atom. The van der Waals surface area contributed by atoms with E-state index in [0.717, 1.165) is 11.3 Å². The molecule has 0 atom stereocenters. The Morgan fingerprint density at radius 2 is 2.21 bits per heavy atom. The number of nitrogens with zero attached hydrogens (tertiary/aromatic N) is 1. The van der Waals surface area contributed by atoms with Gasteiger partial charge in [0.25, 0.3) is 5.92 Å². The molecule has 1 rings (SSSR count). The van der Waals surface area contributed by atoms with Crippen LogP contribution in [-0.4, -0.2) is 41.0 Å². The monoisotopic (exact) mass is 294 g/mol. The van der Waals surface area contributed by atoms with Crippen LogP contribution in [0.15, 0.2) is 4.52 Å². The minimum atomic E-state index is -3.28. The molecule has 1 heterocycles. The Bertz CT molecular complexity index is 418. The van der Waals surface area contributed by atoms with Crippen molar-refractivity contribution in [2.45, 2.75) is 25.5 Å². The van der Waals surface area contributed by atoms with Crippen LogP contribution < -0.4 is 5.32 Å². The smallest absolute Gasteiger partial charge is 0.287 e. The molecule has 1 aromatic heterocycles. The van der Waals surface area contributed by atoms with Gasteiger partial charge in [-0.1, -0.05) is 5.16 Å². The quantitative estimate of drug-likeness (QED) is 0.792. The van der Waals surface area contributed by atoms with Gasteiger partial charge in [0.15, 0.2) is 0 Å². The summed E-state index contributed by atoms with van der Waals surface area (Å²) in [6.07, 6.45) is 0. The van der Waals surface area contributed by atoms with E-state index in [4.69, 9.17) is 9.63 Å². The van der Waals surface area contributed by atoms with Crippen LogP contribution in [0.5, 0.6) is 0 Å². The van der Waals surface area contributed by atoms with Gasteiger partial charge in [-0.05, 0) is 13.8 Å². The fourth-order valence-electron chi connectivity index (χ4n) is 1.29. The van der Waals surface area contributed by atoms with Crippen molar-refractivity contribution in [3.8, 4) is 0 Å². The van der Waals surface area contributed by atoms with E-state index >= 15 is 0 Å². The van der Waals surface area contributed by atoms with E-state index < -0.39 is 25.0 Å². The van der Waals surface area contributed by atoms with Crippen LogP contribution >= 0.6 is 11.8 Å². The molecule has 0 fully saturated rings. The van der Waals surface area contributed by atoms with Gasteiger partial charge in [-0.15, -0.1) is 11.8 Å². The number of amides is 1. The average molecular weight is 294 g/mol. The molecule has 0 aliphatic carbocycles. The van der Waals surface area contributed by atoms with Crippen molar-refractivity contribution >= 4 is 17.7 Å². The highest BCUT2D eigenvalue weighted by Crippen LogP contribution is 2.19. The second-order valence-corrected chi connectivity index (χ2v) is 5.07. The number of aliphatic hydroxyl groups excluding tert-OH is 1. The number of hydrogen-bond acceptors (Lipinski definition) is 5. The largest absolute Gasteiger partial charge is 0.390 e. The van der Waals surface area contributed by atoms with Crippen molar-refractivity contribution in [3.63, 3.8) is 0 Å². The zero-order chi connectivity index (χ0) is 14.5. The highest BCUT2D eigenvalue weighted by molar-refractivity contribution is 7.99. The molecule has 0 radical (unpaired) electrons. The number of carbonyl (C=O) groups is 1. The first-order valence-corrected chi connectivity index (χ1v) is 6.76. The Balaban J connectivity index is 2.28. The molecule has 5 nitrogen and oxygen atoms in total. The number of nitrogens with one attached hydrogen (secondary N) is 1. The highest BCUT2D eigenvalue weighted by atomic mass is 32.2. The number of carbonyl (C=O) groups excluding carboxylic acids is 1. The molecule has 0 aliphatic rings. The van der Waals surface area contributed by atoms with Crippen molar-refractivity contribution in [3.05, 3.63) is 17.0 Å². The number of aromatic nitrogens is 1. The molecule has 1 amide bonds. The molecule has 0 aliphatic heterocycles. The Morgan fingerprint density at radius 1 is 1.53 bits per heavy atom. The lowest BCUT2D eigenvalue weighted by Crippen LogP contribution is -2.39. The van der Waals surface area contributed by atoms with Gasteiger partial charge in [0.1, 0.15) is 12.4 Å². The van der Waals surface area contributed by atoms with Gasteiger partial charge in [-0.25, -0.2) is 8.78 Å². The number of aryl methyl sites for hydroxylation is 2. The van der Waals surface area contributed by atoms with Crippen molar-refractivity contribution in [1.82, 2.24) is 10.5 Å². The fourth-order valence-corrected chi connectivity index (χ4v) is 2.29. The minimum Gasteiger partial charge on any atom is -0.390 e. The lowest BCUT2D eigenvalue weighted by atomic mass is 10.2. The first-order chi connectivity index (χ1) is 8.85. The van der Waals surface area contributed by atoms with Gasteiger partial charge in [-0.2, -0.15) is 0 Å². The van der Waals surface area contributed by atoms with E-state index in [2.05, 4.69) is 10.5 Å². The number of hydrogen-bond donors (Lipinski definition) is 2. The van der Waals surface area contributed by atoms with Gasteiger partial charge in [0, 0.05) is 11.3 Å². The third-order valence-corrected chi connectivity index (χ3v) is 3.40. The predicted molar refractivity (Wildman–Crippen MR) is 67.2 cm³/mol. The molecule has 8 heteroatoms. The molecule has 1 aromatic rings. The maximum Gasteiger partial charge on any atom is 0.287 e. The predicted octanol–water partition coefficient (Wildman–Crippen LogP) is 1.27. The topological polar surface area (TPSA) is 75.4 Å². The fraction of sp³-hybridized carbons (Fsp3) is 0.636. The molecule has 2 N–H and O–H groups in total.